The van der Waals surface area contributed by atoms with Crippen LogP contribution in [0.25, 0.3) is 0 Å². The van der Waals surface area contributed by atoms with Gasteiger partial charge in [0.1, 0.15) is 35.1 Å². The van der Waals surface area contributed by atoms with Crippen molar-refractivity contribution in [3.05, 3.63) is 39.7 Å². The lowest BCUT2D eigenvalue weighted by atomic mass is 10.0. The van der Waals surface area contributed by atoms with Gasteiger partial charge in [0, 0.05) is 38.8 Å². The van der Waals surface area contributed by atoms with Gasteiger partial charge < -0.3 is 41.2 Å². The first-order chi connectivity index (χ1) is 23.2. The zero-order valence-electron chi connectivity index (χ0n) is 29.5. The Kier molecular flexibility index (Phi) is 17.2. The number of carbonyl (C=O) groups excluding carboxylic acids is 6. The molecule has 0 radical (unpaired) electrons. The molecular formula is C32H49FN6O11. The molecule has 0 saturated heterocycles. The Morgan fingerprint density at radius 3 is 1.92 bits per heavy atom. The molecule has 0 saturated carbocycles. The van der Waals surface area contributed by atoms with Gasteiger partial charge in [-0.1, -0.05) is 0 Å². The molecule has 1 aromatic rings. The molecule has 0 aliphatic carbocycles. The van der Waals surface area contributed by atoms with Gasteiger partial charge in [-0.05, 0) is 79.7 Å². The van der Waals surface area contributed by atoms with E-state index < -0.39 is 100 Å². The number of aliphatic hydroxyl groups excluding tert-OH is 1. The number of aliphatic hydroxyl groups is 1. The molecule has 0 spiro atoms. The van der Waals surface area contributed by atoms with Crippen molar-refractivity contribution in [3.8, 4) is 0 Å². The van der Waals surface area contributed by atoms with Crippen LogP contribution in [0.1, 0.15) is 90.4 Å². The van der Waals surface area contributed by atoms with E-state index in [-0.39, 0.29) is 32.2 Å². The van der Waals surface area contributed by atoms with Crippen LogP contribution in [0.4, 0.5) is 14.9 Å². The van der Waals surface area contributed by atoms with Crippen molar-refractivity contribution in [3.63, 3.8) is 0 Å². The molecule has 0 aromatic heterocycles. The average molecular weight is 713 g/mol. The third kappa shape index (κ3) is 16.5. The Labute approximate surface area is 289 Å². The van der Waals surface area contributed by atoms with E-state index >= 15 is 0 Å². The number of nitro groups is 1. The minimum Gasteiger partial charge on any atom is -0.460 e. The molecule has 0 aliphatic rings. The van der Waals surface area contributed by atoms with Gasteiger partial charge in [0.2, 0.25) is 17.7 Å². The van der Waals surface area contributed by atoms with Crippen molar-refractivity contribution in [1.82, 2.24) is 26.6 Å². The van der Waals surface area contributed by atoms with Gasteiger partial charge in [-0.25, -0.2) is 9.18 Å². The van der Waals surface area contributed by atoms with Crippen LogP contribution in [-0.4, -0.2) is 95.2 Å². The third-order valence-electron chi connectivity index (χ3n) is 6.60. The van der Waals surface area contributed by atoms with E-state index in [1.54, 1.807) is 41.5 Å². The highest BCUT2D eigenvalue weighted by Gasteiger charge is 2.31. The quantitative estimate of drug-likeness (QED) is 0.0554. The number of hydrogen-bond donors (Lipinski definition) is 6. The number of unbranched alkanes of at least 4 members (excludes halogenated alkanes) is 1. The van der Waals surface area contributed by atoms with Gasteiger partial charge in [-0.15, -0.1) is 0 Å². The smallest absolute Gasteiger partial charge is 0.407 e. The lowest BCUT2D eigenvalue weighted by Crippen LogP contribution is -2.56. The number of nitrogens with one attached hydrogen (secondary N) is 5. The monoisotopic (exact) mass is 712 g/mol. The van der Waals surface area contributed by atoms with E-state index in [0.29, 0.717) is 12.5 Å². The Hall–Kier alpha value is -4.87. The fourth-order valence-corrected chi connectivity index (χ4v) is 4.32. The molecule has 6 N–H and O–H groups in total. The summed E-state index contributed by atoms with van der Waals surface area (Å²) in [6, 6.07) is -1.79. The number of amides is 5. The normalized spacial score (nSPS) is 13.1. The number of halogens is 1. The minimum atomic E-state index is -1.56. The first-order valence-corrected chi connectivity index (χ1v) is 16.0. The number of hydrogen-bond acceptors (Lipinski definition) is 11. The van der Waals surface area contributed by atoms with Crippen molar-refractivity contribution >= 4 is 41.4 Å². The van der Waals surface area contributed by atoms with Crippen LogP contribution in [0.3, 0.4) is 0 Å². The number of alkyl carbamates (subject to hydrolysis) is 1. The third-order valence-corrected chi connectivity index (χ3v) is 6.60. The number of carbonyl (C=O) groups is 6. The van der Waals surface area contributed by atoms with Crippen molar-refractivity contribution < 1.29 is 52.7 Å². The second kappa shape index (κ2) is 20.0. The van der Waals surface area contributed by atoms with E-state index in [0.717, 1.165) is 12.1 Å². The van der Waals surface area contributed by atoms with Crippen LogP contribution < -0.4 is 26.6 Å². The second-order valence-electron chi connectivity index (χ2n) is 13.2. The maximum atomic E-state index is 14.6. The summed E-state index contributed by atoms with van der Waals surface area (Å²) >= 11 is 0. The molecule has 1 unspecified atom stereocenters. The molecule has 280 valence electrons. The molecule has 0 bridgehead atoms. The first-order valence-electron chi connectivity index (χ1n) is 16.0. The molecule has 18 heteroatoms. The molecule has 1 aromatic carbocycles. The maximum absolute atomic E-state index is 14.6. The predicted molar refractivity (Wildman–Crippen MR) is 177 cm³/mol. The molecule has 0 aliphatic heterocycles. The SMILES string of the molecule is CNC(=O)C(CCO)NC(=O)[C@H](CCCCNC(=O)OC(C)(C)C)NC(=O)[C@H](CCC(=O)OC(C)(C)C)NC(=O)c1cc([N+](=O)[O-])ccc1F. The number of non-ortho nitro benzene ring substituents is 1. The lowest BCUT2D eigenvalue weighted by Gasteiger charge is -2.25. The summed E-state index contributed by atoms with van der Waals surface area (Å²) in [6.45, 7) is 9.68. The molecule has 17 nitrogen and oxygen atoms in total. The topological polar surface area (TPSA) is 244 Å². The van der Waals surface area contributed by atoms with Gasteiger partial charge in [0.15, 0.2) is 0 Å². The lowest BCUT2D eigenvalue weighted by molar-refractivity contribution is -0.384. The van der Waals surface area contributed by atoms with Crippen LogP contribution in [0.2, 0.25) is 0 Å². The average Bonchev–Trinajstić information content (AvgIpc) is 2.99. The molecule has 0 heterocycles. The second-order valence-corrected chi connectivity index (χ2v) is 13.2. The zero-order chi connectivity index (χ0) is 38.2. The van der Waals surface area contributed by atoms with Crippen LogP contribution in [-0.2, 0) is 28.7 Å². The van der Waals surface area contributed by atoms with E-state index in [4.69, 9.17) is 9.47 Å². The summed E-state index contributed by atoms with van der Waals surface area (Å²) < 4.78 is 25.0. The number of esters is 1. The van der Waals surface area contributed by atoms with Crippen molar-refractivity contribution in [2.75, 3.05) is 20.2 Å². The van der Waals surface area contributed by atoms with Crippen LogP contribution in [0.5, 0.6) is 0 Å². The summed E-state index contributed by atoms with van der Waals surface area (Å²) in [7, 11) is 1.33. The standard InChI is InChI=1S/C32H49FN6O11/c1-31(2,3)49-25(41)14-13-23(36-26(42)20-18-19(39(47)48)11-12-21(20)33)29(45)37-22(28(44)38-24(15-17-40)27(43)34-7)10-8-9-16-35-30(46)50-32(4,5)6/h11-12,18,22-24,40H,8-10,13-17H2,1-7H3,(H,34,43)(H,35,46)(H,36,42)(H,37,45)(H,38,44)/t22-,23-,24?/m0/s1. The summed E-state index contributed by atoms with van der Waals surface area (Å²) in [6.07, 6.45) is -1.00. The van der Waals surface area contributed by atoms with Gasteiger partial charge in [0.05, 0.1) is 10.5 Å². The highest BCUT2D eigenvalue weighted by molar-refractivity contribution is 5.99. The summed E-state index contributed by atoms with van der Waals surface area (Å²) in [5.74, 6) is -5.44. The predicted octanol–water partition coefficient (Wildman–Crippen LogP) is 1.75. The molecule has 0 fully saturated rings. The fourth-order valence-electron chi connectivity index (χ4n) is 4.32. The van der Waals surface area contributed by atoms with E-state index in [1.807, 2.05) is 0 Å². The van der Waals surface area contributed by atoms with Crippen molar-refractivity contribution in [2.24, 2.45) is 0 Å². The number of ether oxygens (including phenoxy) is 2. The first kappa shape index (κ1) is 43.2. The number of rotatable bonds is 18. The number of nitrogens with zero attached hydrogens (tertiary/aromatic N) is 1. The van der Waals surface area contributed by atoms with Crippen molar-refractivity contribution in [2.45, 2.75) is 109 Å². The Morgan fingerprint density at radius 2 is 1.40 bits per heavy atom. The Morgan fingerprint density at radius 1 is 0.840 bits per heavy atom. The summed E-state index contributed by atoms with van der Waals surface area (Å²) in [5, 5.41) is 32.8. The van der Waals surface area contributed by atoms with Crippen LogP contribution >= 0.6 is 0 Å². The van der Waals surface area contributed by atoms with Gasteiger partial charge in [0.25, 0.3) is 11.6 Å². The Balaban J connectivity index is 3.29. The number of benzene rings is 1. The van der Waals surface area contributed by atoms with E-state index in [1.165, 1.54) is 7.05 Å². The number of likely N-dealkylation sites (N-methyl/N-ethyl adjacent to an activating group) is 1. The van der Waals surface area contributed by atoms with Gasteiger partial charge in [-0.2, -0.15) is 0 Å². The van der Waals surface area contributed by atoms with Gasteiger partial charge >= 0.3 is 12.1 Å². The van der Waals surface area contributed by atoms with Gasteiger partial charge in [-0.3, -0.25) is 34.1 Å². The molecule has 50 heavy (non-hydrogen) atoms. The maximum Gasteiger partial charge on any atom is 0.407 e. The molecule has 3 atom stereocenters. The summed E-state index contributed by atoms with van der Waals surface area (Å²) in [4.78, 5) is 87.3. The minimum absolute atomic E-state index is 0.0284. The van der Waals surface area contributed by atoms with Crippen molar-refractivity contribution in [1.29, 1.82) is 0 Å². The van der Waals surface area contributed by atoms with Crippen LogP contribution in [0.15, 0.2) is 18.2 Å². The summed E-state index contributed by atoms with van der Waals surface area (Å²) in [5.41, 5.74) is -2.91. The zero-order valence-corrected chi connectivity index (χ0v) is 29.5. The highest BCUT2D eigenvalue weighted by Crippen LogP contribution is 2.18. The molecular weight excluding hydrogens is 663 g/mol. The molecule has 5 amide bonds. The fraction of sp³-hybridized carbons (Fsp3) is 0.625. The molecule has 1 rings (SSSR count). The largest absolute Gasteiger partial charge is 0.460 e. The van der Waals surface area contributed by atoms with Crippen LogP contribution in [0, 0.1) is 15.9 Å². The number of nitro benzene ring substituents is 1. The van der Waals surface area contributed by atoms with E-state index in [9.17, 15) is 48.4 Å². The Bertz CT molecular complexity index is 1380. The highest BCUT2D eigenvalue weighted by atomic mass is 19.1. The van der Waals surface area contributed by atoms with E-state index in [2.05, 4.69) is 26.6 Å².